The molecule has 9 nitrogen and oxygen atoms in total. The summed E-state index contributed by atoms with van der Waals surface area (Å²) in [5, 5.41) is 0. The summed E-state index contributed by atoms with van der Waals surface area (Å²) in [6, 6.07) is 26.2. The van der Waals surface area contributed by atoms with Gasteiger partial charge in [0.15, 0.2) is 0 Å². The third-order valence-corrected chi connectivity index (χ3v) is 7.38. The summed E-state index contributed by atoms with van der Waals surface area (Å²) >= 11 is 2.23. The monoisotopic (exact) mass is 692 g/mol. The van der Waals surface area contributed by atoms with Crippen LogP contribution in [0.25, 0.3) is 0 Å². The van der Waals surface area contributed by atoms with E-state index in [-0.39, 0.29) is 32.2 Å². The fraction of sp³-hybridized carbons (Fsp3) is 0.273. The van der Waals surface area contributed by atoms with Crippen LogP contribution in [0.15, 0.2) is 91.3 Å². The molecule has 0 aliphatic carbocycles. The van der Waals surface area contributed by atoms with Gasteiger partial charge in [-0.3, -0.25) is 0 Å². The van der Waals surface area contributed by atoms with Crippen LogP contribution in [0.5, 0.6) is 11.6 Å². The van der Waals surface area contributed by atoms with Gasteiger partial charge in [0.25, 0.3) is 5.88 Å². The number of halogens is 1. The van der Waals surface area contributed by atoms with Gasteiger partial charge in [-0.05, 0) is 72.2 Å². The smallest absolute Gasteiger partial charge is 0.419 e. The minimum atomic E-state index is -0.766. The van der Waals surface area contributed by atoms with E-state index < -0.39 is 23.8 Å². The summed E-state index contributed by atoms with van der Waals surface area (Å²) in [4.78, 5) is 38.7. The third-order valence-electron chi connectivity index (χ3n) is 6.66. The van der Waals surface area contributed by atoms with Crippen molar-refractivity contribution in [2.24, 2.45) is 0 Å². The van der Waals surface area contributed by atoms with Gasteiger partial charge in [-0.2, -0.15) is 4.98 Å². The van der Waals surface area contributed by atoms with Crippen molar-refractivity contribution >= 4 is 34.7 Å². The number of hydrogen-bond donors (Lipinski definition) is 0. The summed E-state index contributed by atoms with van der Waals surface area (Å²) in [6.45, 7) is 6.19. The number of aromatic nitrogens is 2. The molecule has 0 N–H and O–H groups in total. The van der Waals surface area contributed by atoms with Crippen LogP contribution in [0.3, 0.4) is 0 Å². The van der Waals surface area contributed by atoms with Gasteiger partial charge in [0.1, 0.15) is 30.8 Å². The lowest BCUT2D eigenvalue weighted by Crippen LogP contribution is -2.40. The van der Waals surface area contributed by atoms with Crippen molar-refractivity contribution in [1.29, 1.82) is 0 Å². The van der Waals surface area contributed by atoms with Crippen LogP contribution in [0.4, 0.5) is 9.59 Å². The average molecular weight is 693 g/mol. The number of nitrogens with zero attached hydrogens (tertiary/aromatic N) is 4. The molecule has 3 amide bonds. The van der Waals surface area contributed by atoms with Crippen LogP contribution in [0.1, 0.15) is 49.2 Å². The molecule has 4 aromatic rings. The Bertz CT molecular complexity index is 1550. The van der Waals surface area contributed by atoms with Crippen molar-refractivity contribution in [3.05, 3.63) is 117 Å². The molecule has 1 unspecified atom stereocenters. The molecule has 1 atom stereocenters. The fourth-order valence-electron chi connectivity index (χ4n) is 4.63. The average Bonchev–Trinajstić information content (AvgIpc) is 3.31. The zero-order valence-electron chi connectivity index (χ0n) is 24.3. The lowest BCUT2D eigenvalue weighted by molar-refractivity contribution is 0.0295. The molecule has 222 valence electrons. The predicted octanol–water partition coefficient (Wildman–Crippen LogP) is 7.15. The minimum Gasteiger partial charge on any atom is -0.482 e. The normalized spacial score (nSPS) is 15.0. The first kappa shape index (κ1) is 30.3. The second kappa shape index (κ2) is 13.4. The number of hydrogen-bond acceptors (Lipinski definition) is 7. The highest BCUT2D eigenvalue weighted by Gasteiger charge is 2.44. The molecule has 1 aliphatic heterocycles. The molecule has 1 fully saturated rings. The number of rotatable bonds is 9. The largest absolute Gasteiger partial charge is 0.482 e. The second-order valence-electron chi connectivity index (χ2n) is 11.1. The molecule has 3 aromatic carbocycles. The van der Waals surface area contributed by atoms with Crippen LogP contribution >= 0.6 is 22.6 Å². The molecule has 2 heterocycles. The molecule has 0 spiro atoms. The standard InChI is InChI=1S/C33H33IN4O5/c1-33(2,3)43-32(40)38-28(25-14-16-26(34)17-15-25)19-37(31(38)39)18-27-29(41-20-23-10-6-4-7-11-23)30(36-22-35-27)42-21-24-12-8-5-9-13-24/h4-17,22,28H,18-21H2,1-3H3. The molecule has 1 aromatic heterocycles. The first-order chi connectivity index (χ1) is 20.7. The SMILES string of the molecule is CC(C)(C)OC(=O)N1C(=O)N(Cc2ncnc(OCc3ccccc3)c2OCc2ccccc2)CC1c1ccc(I)cc1. The third kappa shape index (κ3) is 7.81. The zero-order chi connectivity index (χ0) is 30.4. The Hall–Kier alpha value is -4.19. The number of carbonyl (C=O) groups is 2. The van der Waals surface area contributed by atoms with Crippen LogP contribution in [-0.2, 0) is 24.5 Å². The Morgan fingerprint density at radius 1 is 0.884 bits per heavy atom. The van der Waals surface area contributed by atoms with Gasteiger partial charge in [0, 0.05) is 10.1 Å². The molecule has 10 heteroatoms. The highest BCUT2D eigenvalue weighted by molar-refractivity contribution is 14.1. The van der Waals surface area contributed by atoms with Crippen molar-refractivity contribution in [2.75, 3.05) is 6.54 Å². The highest BCUT2D eigenvalue weighted by Crippen LogP contribution is 2.35. The number of carbonyl (C=O) groups excluding carboxylic acids is 2. The summed E-state index contributed by atoms with van der Waals surface area (Å²) in [5.41, 5.74) is 2.46. The Morgan fingerprint density at radius 2 is 1.49 bits per heavy atom. The lowest BCUT2D eigenvalue weighted by atomic mass is 10.1. The van der Waals surface area contributed by atoms with Crippen molar-refractivity contribution in [3.63, 3.8) is 0 Å². The number of urea groups is 1. The van der Waals surface area contributed by atoms with E-state index in [1.165, 1.54) is 11.2 Å². The fourth-order valence-corrected chi connectivity index (χ4v) is 4.99. The summed E-state index contributed by atoms with van der Waals surface area (Å²) in [7, 11) is 0. The molecular formula is C33H33IN4O5. The number of amides is 3. The van der Waals surface area contributed by atoms with Gasteiger partial charge in [-0.1, -0.05) is 72.8 Å². The van der Waals surface area contributed by atoms with Gasteiger partial charge in [0.05, 0.1) is 12.6 Å². The maximum absolute atomic E-state index is 13.8. The van der Waals surface area contributed by atoms with Crippen molar-refractivity contribution in [2.45, 2.75) is 52.2 Å². The molecule has 5 rings (SSSR count). The first-order valence-corrected chi connectivity index (χ1v) is 15.0. The van der Waals surface area contributed by atoms with Gasteiger partial charge >= 0.3 is 12.1 Å². The van der Waals surface area contributed by atoms with E-state index in [1.807, 2.05) is 84.9 Å². The molecule has 1 aliphatic rings. The lowest BCUT2D eigenvalue weighted by Gasteiger charge is -2.26. The van der Waals surface area contributed by atoms with Gasteiger partial charge in [-0.15, -0.1) is 0 Å². The van der Waals surface area contributed by atoms with Gasteiger partial charge < -0.3 is 19.1 Å². The summed E-state index contributed by atoms with van der Waals surface area (Å²) in [5.74, 6) is 0.617. The van der Waals surface area contributed by atoms with E-state index in [9.17, 15) is 9.59 Å². The highest BCUT2D eigenvalue weighted by atomic mass is 127. The Morgan fingerprint density at radius 3 is 2.09 bits per heavy atom. The Kier molecular flexibility index (Phi) is 9.44. The molecule has 1 saturated heterocycles. The van der Waals surface area contributed by atoms with Gasteiger partial charge in [-0.25, -0.2) is 19.5 Å². The van der Waals surface area contributed by atoms with Crippen molar-refractivity contribution < 1.29 is 23.8 Å². The minimum absolute atomic E-state index is 0.0767. The maximum atomic E-state index is 13.8. The Balaban J connectivity index is 1.44. The number of benzene rings is 3. The van der Waals surface area contributed by atoms with E-state index in [0.717, 1.165) is 20.3 Å². The molecule has 0 saturated carbocycles. The zero-order valence-corrected chi connectivity index (χ0v) is 26.4. The first-order valence-electron chi connectivity index (χ1n) is 13.9. The summed E-state index contributed by atoms with van der Waals surface area (Å²) in [6.07, 6.45) is 0.701. The van der Waals surface area contributed by atoms with Crippen molar-refractivity contribution in [1.82, 2.24) is 19.8 Å². The molecule has 0 bridgehead atoms. The second-order valence-corrected chi connectivity index (χ2v) is 12.3. The van der Waals surface area contributed by atoms with Crippen LogP contribution in [-0.4, -0.2) is 44.0 Å². The summed E-state index contributed by atoms with van der Waals surface area (Å²) < 4.78 is 19.0. The maximum Gasteiger partial charge on any atom is 0.419 e. The molecular weight excluding hydrogens is 659 g/mol. The number of imide groups is 1. The van der Waals surface area contributed by atoms with E-state index in [2.05, 4.69) is 32.6 Å². The topological polar surface area (TPSA) is 94.1 Å². The van der Waals surface area contributed by atoms with Crippen LogP contribution in [0.2, 0.25) is 0 Å². The van der Waals surface area contributed by atoms with E-state index >= 15 is 0 Å². The van der Waals surface area contributed by atoms with Crippen molar-refractivity contribution in [3.8, 4) is 11.6 Å². The van der Waals surface area contributed by atoms with Crippen LogP contribution in [0, 0.1) is 3.57 Å². The molecule has 43 heavy (non-hydrogen) atoms. The molecule has 0 radical (unpaired) electrons. The van der Waals surface area contributed by atoms with E-state index in [4.69, 9.17) is 14.2 Å². The quantitative estimate of drug-likeness (QED) is 0.172. The van der Waals surface area contributed by atoms with Gasteiger partial charge in [0.2, 0.25) is 5.75 Å². The van der Waals surface area contributed by atoms with Crippen LogP contribution < -0.4 is 9.47 Å². The predicted molar refractivity (Wildman–Crippen MR) is 169 cm³/mol. The Labute approximate surface area is 264 Å². The van der Waals surface area contributed by atoms with E-state index in [1.54, 1.807) is 25.7 Å². The number of ether oxygens (including phenoxy) is 3. The van der Waals surface area contributed by atoms with E-state index in [0.29, 0.717) is 11.4 Å².